The molecule has 0 aliphatic carbocycles. The lowest BCUT2D eigenvalue weighted by atomic mass is 10.00. The van der Waals surface area contributed by atoms with Gasteiger partial charge in [0.2, 0.25) is 0 Å². The summed E-state index contributed by atoms with van der Waals surface area (Å²) in [5.74, 6) is 0.552. The van der Waals surface area contributed by atoms with Gasteiger partial charge in [0, 0.05) is 13.1 Å². The molecule has 2 amide bonds. The van der Waals surface area contributed by atoms with Gasteiger partial charge in [0.1, 0.15) is 6.54 Å². The van der Waals surface area contributed by atoms with E-state index in [9.17, 15) is 18.0 Å². The highest BCUT2D eigenvalue weighted by Crippen LogP contribution is 2.16. The summed E-state index contributed by atoms with van der Waals surface area (Å²) in [6.07, 6.45) is -2.61. The Balaban J connectivity index is 0.00000121. The second-order valence-corrected chi connectivity index (χ2v) is 3.94. The Morgan fingerprint density at radius 3 is 2.18 bits per heavy atom. The quantitative estimate of drug-likeness (QED) is 0.766. The van der Waals surface area contributed by atoms with Crippen LogP contribution in [0.5, 0.6) is 0 Å². The van der Waals surface area contributed by atoms with E-state index < -0.39 is 18.8 Å². The Morgan fingerprint density at radius 2 is 1.76 bits per heavy atom. The number of likely N-dealkylation sites (tertiary alicyclic amines) is 1. The van der Waals surface area contributed by atoms with Gasteiger partial charge in [-0.2, -0.15) is 13.2 Å². The van der Waals surface area contributed by atoms with Gasteiger partial charge in [0.05, 0.1) is 0 Å². The second kappa shape index (κ2) is 7.40. The van der Waals surface area contributed by atoms with Crippen LogP contribution in [0.1, 0.15) is 33.6 Å². The molecular weight excluding hydrogens is 233 g/mol. The number of carbonyl (C=O) groups is 1. The van der Waals surface area contributed by atoms with Crippen molar-refractivity contribution in [3.8, 4) is 0 Å². The molecule has 0 saturated carbocycles. The molecular formula is C11H21F3N2O. The molecule has 102 valence electrons. The summed E-state index contributed by atoms with van der Waals surface area (Å²) in [6, 6.07) is -0.612. The van der Waals surface area contributed by atoms with Crippen LogP contribution in [-0.2, 0) is 0 Å². The van der Waals surface area contributed by atoms with Crippen LogP contribution in [0, 0.1) is 5.92 Å². The third kappa shape index (κ3) is 7.07. The number of hydrogen-bond acceptors (Lipinski definition) is 1. The van der Waals surface area contributed by atoms with Crippen LogP contribution in [-0.4, -0.2) is 36.7 Å². The molecule has 1 N–H and O–H groups in total. The first-order valence-corrected chi connectivity index (χ1v) is 5.98. The molecule has 1 aliphatic rings. The molecule has 0 bridgehead atoms. The summed E-state index contributed by atoms with van der Waals surface area (Å²) >= 11 is 0. The van der Waals surface area contributed by atoms with Crippen LogP contribution in [0.25, 0.3) is 0 Å². The summed E-state index contributed by atoms with van der Waals surface area (Å²) in [5.41, 5.74) is 0. The maximum atomic E-state index is 11.8. The fourth-order valence-corrected chi connectivity index (χ4v) is 1.50. The van der Waals surface area contributed by atoms with E-state index >= 15 is 0 Å². The number of hydrogen-bond donors (Lipinski definition) is 1. The Kier molecular flexibility index (Phi) is 6.99. The molecule has 3 nitrogen and oxygen atoms in total. The number of amides is 2. The van der Waals surface area contributed by atoms with Gasteiger partial charge >= 0.3 is 12.2 Å². The van der Waals surface area contributed by atoms with Crippen molar-refractivity contribution < 1.29 is 18.0 Å². The Bertz CT molecular complexity index is 223. The zero-order valence-electron chi connectivity index (χ0n) is 10.6. The zero-order valence-corrected chi connectivity index (χ0v) is 10.6. The lowest BCUT2D eigenvalue weighted by molar-refractivity contribution is -0.123. The number of carbonyl (C=O) groups excluding carboxylic acids is 1. The van der Waals surface area contributed by atoms with Crippen LogP contribution in [0.4, 0.5) is 18.0 Å². The maximum Gasteiger partial charge on any atom is 0.405 e. The van der Waals surface area contributed by atoms with Crippen LogP contribution < -0.4 is 5.32 Å². The Labute approximate surface area is 100 Å². The van der Waals surface area contributed by atoms with Gasteiger partial charge in [-0.1, -0.05) is 20.8 Å². The summed E-state index contributed by atoms with van der Waals surface area (Å²) in [7, 11) is 0. The Hall–Kier alpha value is -0.940. The largest absolute Gasteiger partial charge is 0.405 e. The minimum absolute atomic E-state index is 0.546. The number of piperidine rings is 1. The van der Waals surface area contributed by atoms with Crippen molar-refractivity contribution >= 4 is 6.03 Å². The number of urea groups is 1. The van der Waals surface area contributed by atoms with Crippen LogP contribution in [0.2, 0.25) is 0 Å². The van der Waals surface area contributed by atoms with Crippen molar-refractivity contribution in [2.45, 2.75) is 39.8 Å². The van der Waals surface area contributed by atoms with Crippen molar-refractivity contribution in [3.05, 3.63) is 0 Å². The monoisotopic (exact) mass is 254 g/mol. The molecule has 0 aromatic heterocycles. The standard InChI is InChI=1S/C9H15F3N2O.C2H6/c1-7-2-4-14(5-3-7)8(15)13-6-9(10,11)12;1-2/h7H,2-6H2,1H3,(H,13,15);1-2H3. The number of alkyl halides is 3. The van der Waals surface area contributed by atoms with Crippen molar-refractivity contribution in [2.24, 2.45) is 5.92 Å². The van der Waals surface area contributed by atoms with E-state index in [0.29, 0.717) is 19.0 Å². The maximum absolute atomic E-state index is 11.8. The fourth-order valence-electron chi connectivity index (χ4n) is 1.50. The lowest BCUT2D eigenvalue weighted by Crippen LogP contribution is -2.46. The molecule has 1 rings (SSSR count). The molecule has 1 heterocycles. The van der Waals surface area contributed by atoms with Gasteiger partial charge < -0.3 is 10.2 Å². The van der Waals surface area contributed by atoms with E-state index in [1.165, 1.54) is 4.90 Å². The van der Waals surface area contributed by atoms with Crippen LogP contribution in [0.15, 0.2) is 0 Å². The van der Waals surface area contributed by atoms with Crippen LogP contribution in [0.3, 0.4) is 0 Å². The SMILES string of the molecule is CC.CC1CCN(C(=O)NCC(F)(F)F)CC1. The van der Waals surface area contributed by atoms with Gasteiger partial charge in [-0.05, 0) is 18.8 Å². The third-order valence-corrected chi connectivity index (χ3v) is 2.51. The zero-order chi connectivity index (χ0) is 13.5. The van der Waals surface area contributed by atoms with E-state index in [2.05, 4.69) is 6.92 Å². The second-order valence-electron chi connectivity index (χ2n) is 3.94. The number of nitrogens with one attached hydrogen (secondary N) is 1. The summed E-state index contributed by atoms with van der Waals surface area (Å²) in [6.45, 7) is 5.92. The number of nitrogens with zero attached hydrogens (tertiary/aromatic N) is 1. The predicted octanol–water partition coefficient (Wildman–Crippen LogP) is 3.02. The smallest absolute Gasteiger partial charge is 0.329 e. The molecule has 0 aromatic rings. The van der Waals surface area contributed by atoms with Crippen molar-refractivity contribution in [1.29, 1.82) is 0 Å². The summed E-state index contributed by atoms with van der Waals surface area (Å²) < 4.78 is 35.4. The molecule has 6 heteroatoms. The molecule has 1 saturated heterocycles. The highest BCUT2D eigenvalue weighted by atomic mass is 19.4. The van der Waals surface area contributed by atoms with Gasteiger partial charge in [-0.3, -0.25) is 0 Å². The minimum Gasteiger partial charge on any atom is -0.329 e. The van der Waals surface area contributed by atoms with Crippen molar-refractivity contribution in [1.82, 2.24) is 10.2 Å². The van der Waals surface area contributed by atoms with E-state index in [1.54, 1.807) is 0 Å². The van der Waals surface area contributed by atoms with E-state index in [-0.39, 0.29) is 0 Å². The average molecular weight is 254 g/mol. The van der Waals surface area contributed by atoms with Crippen LogP contribution >= 0.6 is 0 Å². The van der Waals surface area contributed by atoms with E-state index in [4.69, 9.17) is 0 Å². The Morgan fingerprint density at radius 1 is 1.29 bits per heavy atom. The van der Waals surface area contributed by atoms with Gasteiger partial charge in [0.15, 0.2) is 0 Å². The molecule has 17 heavy (non-hydrogen) atoms. The summed E-state index contributed by atoms with van der Waals surface area (Å²) in [5, 5.41) is 1.87. The first-order valence-electron chi connectivity index (χ1n) is 5.98. The van der Waals surface area contributed by atoms with Gasteiger partial charge in [0.25, 0.3) is 0 Å². The third-order valence-electron chi connectivity index (χ3n) is 2.51. The lowest BCUT2D eigenvalue weighted by Gasteiger charge is -2.30. The highest BCUT2D eigenvalue weighted by Gasteiger charge is 2.29. The van der Waals surface area contributed by atoms with Crippen molar-refractivity contribution in [2.75, 3.05) is 19.6 Å². The average Bonchev–Trinajstić information content (AvgIpc) is 2.29. The minimum atomic E-state index is -4.33. The molecule has 0 aromatic carbocycles. The van der Waals surface area contributed by atoms with Gasteiger partial charge in [-0.15, -0.1) is 0 Å². The highest BCUT2D eigenvalue weighted by molar-refractivity contribution is 5.74. The topological polar surface area (TPSA) is 32.3 Å². The summed E-state index contributed by atoms with van der Waals surface area (Å²) in [4.78, 5) is 12.7. The molecule has 0 unspecified atom stereocenters. The molecule has 1 fully saturated rings. The first kappa shape index (κ1) is 16.1. The van der Waals surface area contributed by atoms with E-state index in [0.717, 1.165) is 12.8 Å². The predicted molar refractivity (Wildman–Crippen MR) is 60.8 cm³/mol. The molecule has 0 atom stereocenters. The fraction of sp³-hybridized carbons (Fsp3) is 0.909. The number of halogens is 3. The van der Waals surface area contributed by atoms with Crippen molar-refractivity contribution in [3.63, 3.8) is 0 Å². The number of rotatable bonds is 1. The molecule has 1 aliphatic heterocycles. The van der Waals surface area contributed by atoms with E-state index in [1.807, 2.05) is 19.2 Å². The normalized spacial score (nSPS) is 17.2. The molecule has 0 spiro atoms. The molecule has 0 radical (unpaired) electrons. The van der Waals surface area contributed by atoms with Gasteiger partial charge in [-0.25, -0.2) is 4.79 Å². The first-order chi connectivity index (χ1) is 7.88.